The minimum atomic E-state index is 0.448. The molecule has 0 aromatic heterocycles. The Bertz CT molecular complexity index is 405. The predicted octanol–water partition coefficient (Wildman–Crippen LogP) is 2.52. The van der Waals surface area contributed by atoms with Crippen molar-refractivity contribution in [3.8, 4) is 11.8 Å². The highest BCUT2D eigenvalue weighted by Crippen LogP contribution is 2.17. The van der Waals surface area contributed by atoms with E-state index in [1.807, 2.05) is 24.3 Å². The summed E-state index contributed by atoms with van der Waals surface area (Å²) in [7, 11) is 0. The third kappa shape index (κ3) is 4.05. The Balaban J connectivity index is 1.75. The molecule has 1 aliphatic heterocycles. The first-order valence-corrected chi connectivity index (χ1v) is 6.68. The van der Waals surface area contributed by atoms with E-state index in [4.69, 9.17) is 10.00 Å². The molecule has 2 rings (SSSR count). The van der Waals surface area contributed by atoms with Gasteiger partial charge in [-0.2, -0.15) is 5.26 Å². The van der Waals surface area contributed by atoms with Crippen molar-refractivity contribution >= 4 is 0 Å². The Morgan fingerprint density at radius 3 is 3.17 bits per heavy atom. The van der Waals surface area contributed by atoms with Crippen LogP contribution in [0.4, 0.5) is 0 Å². The van der Waals surface area contributed by atoms with Gasteiger partial charge in [-0.3, -0.25) is 0 Å². The maximum Gasteiger partial charge on any atom is 0.119 e. The summed E-state index contributed by atoms with van der Waals surface area (Å²) in [6.07, 6.45) is 4.15. The molecular formula is C15H20N2O. The highest BCUT2D eigenvalue weighted by molar-refractivity contribution is 5.29. The molecular weight excluding hydrogens is 224 g/mol. The monoisotopic (exact) mass is 244 g/mol. The molecule has 1 saturated heterocycles. The van der Waals surface area contributed by atoms with Gasteiger partial charge in [-0.1, -0.05) is 12.1 Å². The Hall–Kier alpha value is -1.53. The van der Waals surface area contributed by atoms with Gasteiger partial charge in [-0.25, -0.2) is 0 Å². The van der Waals surface area contributed by atoms with E-state index in [-0.39, 0.29) is 0 Å². The summed E-state index contributed by atoms with van der Waals surface area (Å²) >= 11 is 0. The topological polar surface area (TPSA) is 45.0 Å². The van der Waals surface area contributed by atoms with Crippen LogP contribution in [0.5, 0.6) is 5.75 Å². The van der Waals surface area contributed by atoms with E-state index in [1.165, 1.54) is 12.8 Å². The minimum absolute atomic E-state index is 0.448. The fraction of sp³-hybridized carbons (Fsp3) is 0.533. The van der Waals surface area contributed by atoms with Crippen molar-refractivity contribution in [2.45, 2.75) is 25.7 Å². The average molecular weight is 244 g/mol. The van der Waals surface area contributed by atoms with Crippen molar-refractivity contribution in [1.82, 2.24) is 5.32 Å². The lowest BCUT2D eigenvalue weighted by Gasteiger charge is -2.22. The Morgan fingerprint density at radius 2 is 2.39 bits per heavy atom. The van der Waals surface area contributed by atoms with Gasteiger partial charge in [0.1, 0.15) is 5.75 Å². The summed E-state index contributed by atoms with van der Waals surface area (Å²) in [6.45, 7) is 3.05. The van der Waals surface area contributed by atoms with Gasteiger partial charge in [0.2, 0.25) is 0 Å². The number of hydrogen-bond donors (Lipinski definition) is 1. The fourth-order valence-corrected chi connectivity index (χ4v) is 2.35. The first kappa shape index (κ1) is 12.9. The van der Waals surface area contributed by atoms with Crippen molar-refractivity contribution in [1.29, 1.82) is 5.26 Å². The zero-order chi connectivity index (χ0) is 12.6. The zero-order valence-electron chi connectivity index (χ0n) is 10.7. The molecule has 1 N–H and O–H groups in total. The van der Waals surface area contributed by atoms with Crippen molar-refractivity contribution in [3.63, 3.8) is 0 Å². The lowest BCUT2D eigenvalue weighted by atomic mass is 9.97. The second-order valence-corrected chi connectivity index (χ2v) is 4.83. The van der Waals surface area contributed by atoms with Crippen LogP contribution in [-0.2, 0) is 6.42 Å². The molecule has 1 aliphatic rings. The molecule has 1 aromatic carbocycles. The van der Waals surface area contributed by atoms with Crippen molar-refractivity contribution in [3.05, 3.63) is 29.8 Å². The summed E-state index contributed by atoms with van der Waals surface area (Å²) in [5.74, 6) is 1.63. The Morgan fingerprint density at radius 1 is 1.44 bits per heavy atom. The van der Waals surface area contributed by atoms with E-state index < -0.39 is 0 Å². The van der Waals surface area contributed by atoms with E-state index in [2.05, 4.69) is 11.4 Å². The third-order valence-corrected chi connectivity index (χ3v) is 3.38. The molecule has 96 valence electrons. The fourth-order valence-electron chi connectivity index (χ4n) is 2.35. The molecule has 0 radical (unpaired) electrons. The second-order valence-electron chi connectivity index (χ2n) is 4.83. The van der Waals surface area contributed by atoms with Crippen LogP contribution in [0.2, 0.25) is 0 Å². The van der Waals surface area contributed by atoms with Gasteiger partial charge in [-0.05, 0) is 56.0 Å². The van der Waals surface area contributed by atoms with E-state index in [9.17, 15) is 0 Å². The number of nitrogens with zero attached hydrogens (tertiary/aromatic N) is 1. The summed E-state index contributed by atoms with van der Waals surface area (Å²) in [4.78, 5) is 0. The van der Waals surface area contributed by atoms with Gasteiger partial charge >= 0.3 is 0 Å². The number of nitrogens with one attached hydrogen (secondary N) is 1. The standard InChI is InChI=1S/C15H20N2O/c16-8-6-13-3-1-5-15(11-13)18-10-7-14-4-2-9-17-12-14/h1,3,5,11,14,17H,2,4,6-7,9-10,12H2. The Kier molecular flexibility index (Phi) is 5.04. The normalized spacial score (nSPS) is 19.2. The van der Waals surface area contributed by atoms with Gasteiger partial charge in [0.15, 0.2) is 0 Å². The van der Waals surface area contributed by atoms with Gasteiger partial charge in [0.25, 0.3) is 0 Å². The zero-order valence-corrected chi connectivity index (χ0v) is 10.7. The summed E-state index contributed by atoms with van der Waals surface area (Å²) in [5.41, 5.74) is 1.02. The molecule has 1 fully saturated rings. The average Bonchev–Trinajstić information content (AvgIpc) is 2.41. The van der Waals surface area contributed by atoms with Crippen LogP contribution in [0.15, 0.2) is 24.3 Å². The van der Waals surface area contributed by atoms with Crippen molar-refractivity contribution < 1.29 is 4.74 Å². The maximum absolute atomic E-state index is 8.66. The third-order valence-electron chi connectivity index (χ3n) is 3.38. The van der Waals surface area contributed by atoms with Crippen LogP contribution in [0.1, 0.15) is 24.8 Å². The van der Waals surface area contributed by atoms with Gasteiger partial charge in [-0.15, -0.1) is 0 Å². The van der Waals surface area contributed by atoms with Crippen LogP contribution in [0, 0.1) is 17.2 Å². The molecule has 0 bridgehead atoms. The predicted molar refractivity (Wildman–Crippen MR) is 71.5 cm³/mol. The summed E-state index contributed by atoms with van der Waals surface area (Å²) in [5, 5.41) is 12.1. The molecule has 1 unspecified atom stereocenters. The largest absolute Gasteiger partial charge is 0.494 e. The SMILES string of the molecule is N#CCc1cccc(OCCC2CCCNC2)c1. The molecule has 0 amide bonds. The van der Waals surface area contributed by atoms with E-state index >= 15 is 0 Å². The first-order valence-electron chi connectivity index (χ1n) is 6.68. The molecule has 0 saturated carbocycles. The van der Waals surface area contributed by atoms with Crippen LogP contribution >= 0.6 is 0 Å². The number of benzene rings is 1. The van der Waals surface area contributed by atoms with E-state index in [0.29, 0.717) is 6.42 Å². The maximum atomic E-state index is 8.66. The highest BCUT2D eigenvalue weighted by atomic mass is 16.5. The van der Waals surface area contributed by atoms with Crippen molar-refractivity contribution in [2.24, 2.45) is 5.92 Å². The van der Waals surface area contributed by atoms with Crippen molar-refractivity contribution in [2.75, 3.05) is 19.7 Å². The quantitative estimate of drug-likeness (QED) is 0.865. The second kappa shape index (κ2) is 7.03. The number of piperidine rings is 1. The summed E-state index contributed by atoms with van der Waals surface area (Å²) in [6, 6.07) is 9.98. The number of hydrogen-bond acceptors (Lipinski definition) is 3. The first-order chi connectivity index (χ1) is 8.88. The van der Waals surface area contributed by atoms with Crippen LogP contribution < -0.4 is 10.1 Å². The number of ether oxygens (including phenoxy) is 1. The highest BCUT2D eigenvalue weighted by Gasteiger charge is 2.12. The summed E-state index contributed by atoms with van der Waals surface area (Å²) < 4.78 is 5.76. The van der Waals surface area contributed by atoms with Gasteiger partial charge < -0.3 is 10.1 Å². The minimum Gasteiger partial charge on any atom is -0.494 e. The van der Waals surface area contributed by atoms with Crippen LogP contribution in [0.3, 0.4) is 0 Å². The van der Waals surface area contributed by atoms with Gasteiger partial charge in [0.05, 0.1) is 19.1 Å². The van der Waals surface area contributed by atoms with Crippen LogP contribution in [-0.4, -0.2) is 19.7 Å². The lowest BCUT2D eigenvalue weighted by Crippen LogP contribution is -2.30. The molecule has 3 nitrogen and oxygen atoms in total. The molecule has 18 heavy (non-hydrogen) atoms. The smallest absolute Gasteiger partial charge is 0.119 e. The molecule has 1 atom stereocenters. The Labute approximate surface area is 109 Å². The van der Waals surface area contributed by atoms with Gasteiger partial charge in [0, 0.05) is 0 Å². The molecule has 0 aliphatic carbocycles. The number of rotatable bonds is 5. The molecule has 1 heterocycles. The molecule has 0 spiro atoms. The lowest BCUT2D eigenvalue weighted by molar-refractivity contribution is 0.254. The van der Waals surface area contributed by atoms with E-state index in [1.54, 1.807) is 0 Å². The molecule has 3 heteroatoms. The van der Waals surface area contributed by atoms with Crippen LogP contribution in [0.25, 0.3) is 0 Å². The van der Waals surface area contributed by atoms with E-state index in [0.717, 1.165) is 43.3 Å². The number of nitriles is 1. The molecule has 1 aromatic rings.